The Hall–Kier alpha value is 0.160. The maximum absolute atomic E-state index is 11.6. The van der Waals surface area contributed by atoms with Crippen LogP contribution >= 0.6 is 11.6 Å². The molecule has 0 aromatic rings. The number of halogens is 1. The van der Waals surface area contributed by atoms with Gasteiger partial charge in [-0.25, -0.2) is 13.1 Å². The van der Waals surface area contributed by atoms with Gasteiger partial charge in [-0.3, -0.25) is 0 Å². The lowest BCUT2D eigenvalue weighted by Gasteiger charge is -2.14. The Morgan fingerprint density at radius 1 is 1.31 bits per heavy atom. The van der Waals surface area contributed by atoms with Crippen LogP contribution < -0.4 is 4.72 Å². The van der Waals surface area contributed by atoms with E-state index in [1.165, 1.54) is 0 Å². The second kappa shape index (κ2) is 8.28. The smallest absolute Gasteiger partial charge is 0.214 e. The van der Waals surface area contributed by atoms with Crippen LogP contribution in [0.4, 0.5) is 0 Å². The second-order valence-corrected chi connectivity index (χ2v) is 6.34. The van der Waals surface area contributed by atoms with E-state index in [0.29, 0.717) is 5.88 Å². The molecular formula is C10H22ClNO3S. The largest absolute Gasteiger partial charge is 0.378 e. The first-order valence-corrected chi connectivity index (χ1v) is 7.73. The summed E-state index contributed by atoms with van der Waals surface area (Å²) in [4.78, 5) is 0. The topological polar surface area (TPSA) is 55.4 Å². The van der Waals surface area contributed by atoms with E-state index in [1.807, 2.05) is 20.8 Å². The highest BCUT2D eigenvalue weighted by molar-refractivity contribution is 7.89. The Bertz CT molecular complexity index is 267. The number of hydrogen-bond acceptors (Lipinski definition) is 3. The summed E-state index contributed by atoms with van der Waals surface area (Å²) >= 11 is 5.54. The van der Waals surface area contributed by atoms with Crippen molar-refractivity contribution in [3.8, 4) is 0 Å². The lowest BCUT2D eigenvalue weighted by Crippen LogP contribution is -2.35. The predicted octanol–water partition coefficient (Wildman–Crippen LogP) is 1.74. The first kappa shape index (κ1) is 16.2. The molecule has 0 radical (unpaired) electrons. The molecule has 0 aliphatic carbocycles. The average molecular weight is 272 g/mol. The van der Waals surface area contributed by atoms with E-state index in [-0.39, 0.29) is 24.5 Å². The quantitative estimate of drug-likeness (QED) is 0.650. The Labute approximate surface area is 104 Å². The number of sulfonamides is 1. The highest BCUT2D eigenvalue weighted by Gasteiger charge is 2.14. The van der Waals surface area contributed by atoms with E-state index >= 15 is 0 Å². The van der Waals surface area contributed by atoms with Crippen molar-refractivity contribution in [2.45, 2.75) is 45.8 Å². The zero-order valence-corrected chi connectivity index (χ0v) is 11.8. The summed E-state index contributed by atoms with van der Waals surface area (Å²) in [6.45, 7) is 5.83. The van der Waals surface area contributed by atoms with Crippen molar-refractivity contribution >= 4 is 21.6 Å². The summed E-state index contributed by atoms with van der Waals surface area (Å²) in [7, 11) is -3.22. The van der Waals surface area contributed by atoms with Crippen molar-refractivity contribution < 1.29 is 13.2 Å². The Kier molecular flexibility index (Phi) is 8.36. The first-order chi connectivity index (χ1) is 7.37. The third-order valence-electron chi connectivity index (χ3n) is 1.95. The molecule has 0 spiro atoms. The molecule has 0 amide bonds. The van der Waals surface area contributed by atoms with Crippen molar-refractivity contribution in [3.63, 3.8) is 0 Å². The van der Waals surface area contributed by atoms with Crippen LogP contribution in [-0.4, -0.2) is 38.8 Å². The van der Waals surface area contributed by atoms with Gasteiger partial charge in [-0.05, 0) is 33.6 Å². The molecule has 0 rings (SSSR count). The normalized spacial score (nSPS) is 14.3. The molecule has 1 atom stereocenters. The Morgan fingerprint density at radius 3 is 2.44 bits per heavy atom. The molecule has 0 heterocycles. The van der Waals surface area contributed by atoms with Crippen LogP contribution in [0.3, 0.4) is 0 Å². The number of alkyl halides is 1. The van der Waals surface area contributed by atoms with Gasteiger partial charge >= 0.3 is 0 Å². The van der Waals surface area contributed by atoms with Gasteiger partial charge in [0.05, 0.1) is 18.5 Å². The van der Waals surface area contributed by atoms with Gasteiger partial charge in [-0.2, -0.15) is 0 Å². The van der Waals surface area contributed by atoms with Crippen molar-refractivity contribution in [2.75, 3.05) is 18.2 Å². The highest BCUT2D eigenvalue weighted by Crippen LogP contribution is 2.00. The third-order valence-corrected chi connectivity index (χ3v) is 3.69. The lowest BCUT2D eigenvalue weighted by atomic mass is 10.2. The first-order valence-electron chi connectivity index (χ1n) is 5.55. The van der Waals surface area contributed by atoms with E-state index in [4.69, 9.17) is 16.3 Å². The predicted molar refractivity (Wildman–Crippen MR) is 67.4 cm³/mol. The van der Waals surface area contributed by atoms with Gasteiger partial charge < -0.3 is 4.74 Å². The van der Waals surface area contributed by atoms with Crippen molar-refractivity contribution in [1.29, 1.82) is 0 Å². The molecule has 4 nitrogen and oxygen atoms in total. The minimum atomic E-state index is -3.22. The summed E-state index contributed by atoms with van der Waals surface area (Å²) in [6, 6.07) is -0.0669. The molecule has 0 bridgehead atoms. The van der Waals surface area contributed by atoms with Crippen molar-refractivity contribution in [3.05, 3.63) is 0 Å². The minimum absolute atomic E-state index is 0.0103. The fourth-order valence-electron chi connectivity index (χ4n) is 1.20. The maximum atomic E-state index is 11.6. The highest BCUT2D eigenvalue weighted by atomic mass is 35.5. The summed E-state index contributed by atoms with van der Waals surface area (Å²) in [5.74, 6) is 0.568. The van der Waals surface area contributed by atoms with Gasteiger partial charge in [-0.1, -0.05) is 0 Å². The van der Waals surface area contributed by atoms with Crippen LogP contribution in [0.1, 0.15) is 33.6 Å². The summed E-state index contributed by atoms with van der Waals surface area (Å²) in [5, 5.41) is 0. The molecule has 6 heteroatoms. The molecule has 0 aromatic carbocycles. The average Bonchev–Trinajstić information content (AvgIpc) is 2.12. The zero-order chi connectivity index (χ0) is 12.6. The number of rotatable bonds is 9. The van der Waals surface area contributed by atoms with Gasteiger partial charge in [0, 0.05) is 11.9 Å². The van der Waals surface area contributed by atoms with E-state index in [0.717, 1.165) is 12.8 Å². The van der Waals surface area contributed by atoms with Crippen LogP contribution in [0.5, 0.6) is 0 Å². The number of nitrogens with one attached hydrogen (secondary N) is 1. The van der Waals surface area contributed by atoms with Gasteiger partial charge in [0.1, 0.15) is 0 Å². The van der Waals surface area contributed by atoms with Gasteiger partial charge in [0.25, 0.3) is 0 Å². The summed E-state index contributed by atoms with van der Waals surface area (Å²) < 4.78 is 30.9. The van der Waals surface area contributed by atoms with Crippen LogP contribution in [-0.2, 0) is 14.8 Å². The van der Waals surface area contributed by atoms with Crippen molar-refractivity contribution in [2.24, 2.45) is 0 Å². The Morgan fingerprint density at radius 2 is 1.94 bits per heavy atom. The molecule has 98 valence electrons. The number of ether oxygens (including phenoxy) is 1. The van der Waals surface area contributed by atoms with E-state index < -0.39 is 10.0 Å². The minimum Gasteiger partial charge on any atom is -0.378 e. The van der Waals surface area contributed by atoms with E-state index in [1.54, 1.807) is 0 Å². The van der Waals surface area contributed by atoms with Crippen LogP contribution in [0.2, 0.25) is 0 Å². The van der Waals surface area contributed by atoms with Crippen molar-refractivity contribution in [1.82, 2.24) is 4.72 Å². The molecule has 1 unspecified atom stereocenters. The molecule has 16 heavy (non-hydrogen) atoms. The van der Waals surface area contributed by atoms with Crippen LogP contribution in [0, 0.1) is 0 Å². The molecule has 0 aliphatic rings. The van der Waals surface area contributed by atoms with Crippen LogP contribution in [0.25, 0.3) is 0 Å². The maximum Gasteiger partial charge on any atom is 0.214 e. The molecule has 0 aliphatic heterocycles. The van der Waals surface area contributed by atoms with E-state index in [9.17, 15) is 8.42 Å². The Balaban J connectivity index is 3.85. The molecule has 1 N–H and O–H groups in total. The standard InChI is InChI=1S/C10H22ClNO3S/c1-9(2)15-7-8-16(13,14)12-10(3)5-4-6-11/h9-10,12H,4-8H2,1-3H3. The number of hydrogen-bond donors (Lipinski definition) is 1. The van der Waals surface area contributed by atoms with Crippen LogP contribution in [0.15, 0.2) is 0 Å². The molecule has 0 saturated heterocycles. The molecule has 0 saturated carbocycles. The van der Waals surface area contributed by atoms with E-state index in [2.05, 4.69) is 4.72 Å². The summed E-state index contributed by atoms with van der Waals surface area (Å²) in [6.07, 6.45) is 1.63. The van der Waals surface area contributed by atoms with Gasteiger partial charge in [0.2, 0.25) is 10.0 Å². The fraction of sp³-hybridized carbons (Fsp3) is 1.00. The van der Waals surface area contributed by atoms with Gasteiger partial charge in [-0.15, -0.1) is 11.6 Å². The summed E-state index contributed by atoms with van der Waals surface area (Å²) in [5.41, 5.74) is 0. The van der Waals surface area contributed by atoms with Gasteiger partial charge in [0.15, 0.2) is 0 Å². The second-order valence-electron chi connectivity index (χ2n) is 4.09. The molecule has 0 fully saturated rings. The molecular weight excluding hydrogens is 250 g/mol. The molecule has 0 aromatic heterocycles. The third kappa shape index (κ3) is 9.39. The lowest BCUT2D eigenvalue weighted by molar-refractivity contribution is 0.0911. The zero-order valence-electron chi connectivity index (χ0n) is 10.2. The monoisotopic (exact) mass is 271 g/mol. The fourth-order valence-corrected chi connectivity index (χ4v) is 2.52. The SMILES string of the molecule is CC(CCCCl)NS(=O)(=O)CCOC(C)C.